The Hall–Kier alpha value is -1.79. The molecule has 2 heterocycles. The van der Waals surface area contributed by atoms with Crippen LogP contribution in [-0.2, 0) is 20.7 Å². The van der Waals surface area contributed by atoms with Crippen LogP contribution in [0.5, 0.6) is 11.5 Å². The first-order valence-electron chi connectivity index (χ1n) is 8.17. The van der Waals surface area contributed by atoms with Crippen molar-refractivity contribution in [2.45, 2.75) is 6.42 Å². The lowest BCUT2D eigenvalue weighted by Gasteiger charge is -2.26. The molecule has 24 heavy (non-hydrogen) atoms. The monoisotopic (exact) mass is 335 g/mol. The third-order valence-electron chi connectivity index (χ3n) is 5.11. The Labute approximate surface area is 142 Å². The Balaban J connectivity index is 1.68. The van der Waals surface area contributed by atoms with Gasteiger partial charge in [0.25, 0.3) is 0 Å². The molecule has 0 aliphatic carbocycles. The molecular weight excluding hydrogens is 310 g/mol. The number of nitrogens with zero attached hydrogens (tertiary/aromatic N) is 1. The van der Waals surface area contributed by atoms with Gasteiger partial charge >= 0.3 is 0 Å². The number of ether oxygens (including phenoxy) is 4. The van der Waals surface area contributed by atoms with Crippen LogP contribution in [0, 0.1) is 11.3 Å². The minimum Gasteiger partial charge on any atom is -0.493 e. The molecule has 1 aromatic carbocycles. The molecule has 1 aromatic rings. The highest BCUT2D eigenvalue weighted by molar-refractivity contribution is 5.79. The van der Waals surface area contributed by atoms with E-state index in [1.54, 1.807) is 21.3 Å². The fourth-order valence-corrected chi connectivity index (χ4v) is 3.79. The van der Waals surface area contributed by atoms with Crippen molar-refractivity contribution in [1.82, 2.24) is 4.90 Å². The molecule has 0 N–H and O–H groups in total. The number of hydrogen-bond donors (Lipinski definition) is 0. The lowest BCUT2D eigenvalue weighted by Crippen LogP contribution is -2.37. The summed E-state index contributed by atoms with van der Waals surface area (Å²) in [6, 6.07) is 5.60. The van der Waals surface area contributed by atoms with Crippen molar-refractivity contribution < 1.29 is 23.7 Å². The van der Waals surface area contributed by atoms with Crippen LogP contribution in [0.25, 0.3) is 0 Å². The zero-order valence-corrected chi connectivity index (χ0v) is 14.5. The van der Waals surface area contributed by atoms with Crippen LogP contribution in [0.15, 0.2) is 18.2 Å². The van der Waals surface area contributed by atoms with Gasteiger partial charge in [-0.3, -0.25) is 4.79 Å². The van der Waals surface area contributed by atoms with Gasteiger partial charge in [-0.05, 0) is 17.7 Å². The molecule has 0 bridgehead atoms. The lowest BCUT2D eigenvalue weighted by molar-refractivity contribution is -0.130. The van der Waals surface area contributed by atoms with Gasteiger partial charge < -0.3 is 23.8 Å². The number of fused-ring (bicyclic) bond motifs is 1. The minimum absolute atomic E-state index is 0.0397. The number of carbonyl (C=O) groups excluding carboxylic acids is 1. The van der Waals surface area contributed by atoms with Crippen molar-refractivity contribution in [2.24, 2.45) is 11.3 Å². The van der Waals surface area contributed by atoms with Gasteiger partial charge in [0.1, 0.15) is 0 Å². The van der Waals surface area contributed by atoms with Crippen molar-refractivity contribution in [3.63, 3.8) is 0 Å². The van der Waals surface area contributed by atoms with Gasteiger partial charge in [-0.2, -0.15) is 0 Å². The average Bonchev–Trinajstić information content (AvgIpc) is 3.12. The van der Waals surface area contributed by atoms with Crippen LogP contribution in [0.2, 0.25) is 0 Å². The van der Waals surface area contributed by atoms with E-state index in [9.17, 15) is 4.79 Å². The first kappa shape index (κ1) is 17.0. The molecule has 0 spiro atoms. The zero-order chi connectivity index (χ0) is 17.2. The molecule has 6 nitrogen and oxygen atoms in total. The summed E-state index contributed by atoms with van der Waals surface area (Å²) < 4.78 is 21.6. The summed E-state index contributed by atoms with van der Waals surface area (Å²) in [6.45, 7) is 3.47. The summed E-state index contributed by atoms with van der Waals surface area (Å²) in [7, 11) is 4.90. The van der Waals surface area contributed by atoms with Crippen LogP contribution < -0.4 is 9.47 Å². The predicted molar refractivity (Wildman–Crippen MR) is 88.4 cm³/mol. The Bertz CT molecular complexity index is 605. The summed E-state index contributed by atoms with van der Waals surface area (Å²) >= 11 is 0. The maximum Gasteiger partial charge on any atom is 0.227 e. The molecule has 132 valence electrons. The SMILES string of the molecule is COC[C@@]12COC[C@@H]1CN(C(=O)Cc1ccc(OC)c(OC)c1)C2. The Kier molecular flexibility index (Phi) is 4.96. The second-order valence-electron chi connectivity index (χ2n) is 6.65. The van der Waals surface area contributed by atoms with E-state index >= 15 is 0 Å². The molecular formula is C18H25NO5. The standard InChI is InChI=1S/C18H25NO5/c1-21-11-18-10-19(8-14(18)9-24-12-18)17(20)7-13-4-5-15(22-2)16(6-13)23-3/h4-6,14H,7-12H2,1-3H3/t14-,18-/m0/s1. The number of methoxy groups -OCH3 is 3. The van der Waals surface area contributed by atoms with Crippen molar-refractivity contribution >= 4 is 5.91 Å². The molecule has 2 atom stereocenters. The van der Waals surface area contributed by atoms with E-state index in [2.05, 4.69) is 0 Å². The highest BCUT2D eigenvalue weighted by atomic mass is 16.5. The van der Waals surface area contributed by atoms with Gasteiger partial charge in [-0.1, -0.05) is 6.07 Å². The fraction of sp³-hybridized carbons (Fsp3) is 0.611. The smallest absolute Gasteiger partial charge is 0.227 e. The summed E-state index contributed by atoms with van der Waals surface area (Å²) in [5.74, 6) is 1.81. The van der Waals surface area contributed by atoms with Gasteiger partial charge in [-0.25, -0.2) is 0 Å². The summed E-state index contributed by atoms with van der Waals surface area (Å²) in [5, 5.41) is 0. The van der Waals surface area contributed by atoms with E-state index in [1.807, 2.05) is 23.1 Å². The molecule has 3 rings (SSSR count). The predicted octanol–water partition coefficient (Wildman–Crippen LogP) is 1.37. The normalized spacial score (nSPS) is 25.6. The van der Waals surface area contributed by atoms with E-state index in [0.29, 0.717) is 50.2 Å². The summed E-state index contributed by atoms with van der Waals surface area (Å²) in [6.07, 6.45) is 0.358. The number of hydrogen-bond acceptors (Lipinski definition) is 5. The molecule has 0 radical (unpaired) electrons. The van der Waals surface area contributed by atoms with E-state index in [-0.39, 0.29) is 11.3 Å². The second-order valence-corrected chi connectivity index (χ2v) is 6.65. The minimum atomic E-state index is -0.0397. The van der Waals surface area contributed by atoms with E-state index in [4.69, 9.17) is 18.9 Å². The van der Waals surface area contributed by atoms with Gasteiger partial charge in [0.2, 0.25) is 5.91 Å². The Morgan fingerprint density at radius 1 is 1.29 bits per heavy atom. The molecule has 6 heteroatoms. The largest absolute Gasteiger partial charge is 0.493 e. The summed E-state index contributed by atoms with van der Waals surface area (Å²) in [5.41, 5.74) is 0.883. The van der Waals surface area contributed by atoms with Crippen LogP contribution in [-0.4, -0.2) is 65.0 Å². The number of carbonyl (C=O) groups is 1. The third-order valence-corrected chi connectivity index (χ3v) is 5.11. The van der Waals surface area contributed by atoms with Crippen molar-refractivity contribution in [2.75, 3.05) is 54.2 Å². The zero-order valence-electron chi connectivity index (χ0n) is 14.5. The molecule has 2 fully saturated rings. The van der Waals surface area contributed by atoms with Gasteiger partial charge in [0, 0.05) is 31.5 Å². The van der Waals surface area contributed by atoms with Crippen LogP contribution in [0.3, 0.4) is 0 Å². The number of likely N-dealkylation sites (tertiary alicyclic amines) is 1. The van der Waals surface area contributed by atoms with Crippen LogP contribution in [0.4, 0.5) is 0 Å². The molecule has 0 saturated carbocycles. The molecule has 2 aliphatic heterocycles. The molecule has 1 amide bonds. The highest BCUT2D eigenvalue weighted by Gasteiger charge is 2.51. The molecule has 2 aliphatic rings. The molecule has 2 saturated heterocycles. The molecule has 0 unspecified atom stereocenters. The quantitative estimate of drug-likeness (QED) is 0.786. The molecule has 0 aromatic heterocycles. The van der Waals surface area contributed by atoms with Crippen molar-refractivity contribution in [3.8, 4) is 11.5 Å². The number of rotatable bonds is 6. The van der Waals surface area contributed by atoms with Gasteiger partial charge in [0.05, 0.1) is 40.5 Å². The van der Waals surface area contributed by atoms with Gasteiger partial charge in [-0.15, -0.1) is 0 Å². The van der Waals surface area contributed by atoms with E-state index in [0.717, 1.165) is 12.1 Å². The van der Waals surface area contributed by atoms with Gasteiger partial charge in [0.15, 0.2) is 11.5 Å². The fourth-order valence-electron chi connectivity index (χ4n) is 3.79. The maximum absolute atomic E-state index is 12.7. The van der Waals surface area contributed by atoms with E-state index in [1.165, 1.54) is 0 Å². The van der Waals surface area contributed by atoms with Crippen molar-refractivity contribution in [1.29, 1.82) is 0 Å². The van der Waals surface area contributed by atoms with E-state index < -0.39 is 0 Å². The number of benzene rings is 1. The van der Waals surface area contributed by atoms with Crippen LogP contribution >= 0.6 is 0 Å². The second kappa shape index (κ2) is 6.99. The number of amides is 1. The lowest BCUT2D eigenvalue weighted by atomic mass is 9.82. The first-order valence-corrected chi connectivity index (χ1v) is 8.17. The third kappa shape index (κ3) is 3.08. The highest BCUT2D eigenvalue weighted by Crippen LogP contribution is 2.41. The first-order chi connectivity index (χ1) is 11.6. The topological polar surface area (TPSA) is 57.2 Å². The van der Waals surface area contributed by atoms with Crippen molar-refractivity contribution in [3.05, 3.63) is 23.8 Å². The summed E-state index contributed by atoms with van der Waals surface area (Å²) in [4.78, 5) is 14.7. The Morgan fingerprint density at radius 2 is 2.08 bits per heavy atom. The maximum atomic E-state index is 12.7. The van der Waals surface area contributed by atoms with Crippen LogP contribution in [0.1, 0.15) is 5.56 Å². The average molecular weight is 335 g/mol. The Morgan fingerprint density at radius 3 is 2.79 bits per heavy atom.